The summed E-state index contributed by atoms with van der Waals surface area (Å²) in [6, 6.07) is 25.9. The van der Waals surface area contributed by atoms with Crippen molar-refractivity contribution < 1.29 is 9.90 Å². The van der Waals surface area contributed by atoms with E-state index >= 15 is 0 Å². The van der Waals surface area contributed by atoms with Gasteiger partial charge in [0.25, 0.3) is 0 Å². The first-order valence-corrected chi connectivity index (χ1v) is 9.79. The molecule has 0 atom stereocenters. The van der Waals surface area contributed by atoms with Gasteiger partial charge in [-0.15, -0.1) is 0 Å². The van der Waals surface area contributed by atoms with Gasteiger partial charge in [0, 0.05) is 0 Å². The van der Waals surface area contributed by atoms with Gasteiger partial charge in [0.05, 0.1) is 5.56 Å². The highest BCUT2D eigenvalue weighted by molar-refractivity contribution is 5.88. The van der Waals surface area contributed by atoms with E-state index in [2.05, 4.69) is 41.7 Å². The van der Waals surface area contributed by atoms with E-state index < -0.39 is 5.97 Å². The quantitative estimate of drug-likeness (QED) is 0.636. The minimum absolute atomic E-state index is 0.316. The first-order chi connectivity index (χ1) is 13.6. The van der Waals surface area contributed by atoms with Gasteiger partial charge in [0.1, 0.15) is 0 Å². The number of piperidine rings is 1. The molecular weight excluding hydrogens is 346 g/mol. The van der Waals surface area contributed by atoms with E-state index in [-0.39, 0.29) is 0 Å². The van der Waals surface area contributed by atoms with Gasteiger partial charge in [-0.2, -0.15) is 0 Å². The average molecular weight is 373 g/mol. The van der Waals surface area contributed by atoms with Crippen LogP contribution in [0.1, 0.15) is 40.2 Å². The molecule has 0 spiro atoms. The number of nitrogens with one attached hydrogen (secondary N) is 1. The van der Waals surface area contributed by atoms with E-state index in [9.17, 15) is 4.79 Å². The molecule has 0 amide bonds. The Hall–Kier alpha value is -2.91. The minimum atomic E-state index is -0.893. The van der Waals surface area contributed by atoms with Crippen molar-refractivity contribution in [2.45, 2.75) is 25.7 Å². The van der Waals surface area contributed by atoms with Crippen LogP contribution in [0.15, 0.2) is 78.9 Å². The van der Waals surface area contributed by atoms with Gasteiger partial charge in [0.2, 0.25) is 0 Å². The summed E-state index contributed by atoms with van der Waals surface area (Å²) in [6.07, 6.45) is 2.59. The second kappa shape index (κ2) is 9.86. The molecule has 1 saturated heterocycles. The predicted octanol–water partition coefficient (Wildman–Crippen LogP) is 5.51. The summed E-state index contributed by atoms with van der Waals surface area (Å²) in [4.78, 5) is 10.7. The lowest BCUT2D eigenvalue weighted by atomic mass is 9.90. The number of hydrogen-bond donors (Lipinski definition) is 2. The van der Waals surface area contributed by atoms with Crippen LogP contribution in [0.2, 0.25) is 0 Å². The van der Waals surface area contributed by atoms with Crippen molar-refractivity contribution in [2.75, 3.05) is 13.1 Å². The summed E-state index contributed by atoms with van der Waals surface area (Å²) in [7, 11) is 0. The largest absolute Gasteiger partial charge is 0.478 e. The first kappa shape index (κ1) is 19.8. The Morgan fingerprint density at radius 3 is 2.14 bits per heavy atom. The van der Waals surface area contributed by atoms with Crippen molar-refractivity contribution in [2.24, 2.45) is 0 Å². The van der Waals surface area contributed by atoms with E-state index in [1.165, 1.54) is 37.1 Å². The fraction of sp³-hybridized carbons (Fsp3) is 0.240. The zero-order valence-corrected chi connectivity index (χ0v) is 16.3. The molecule has 0 aliphatic carbocycles. The second-order valence-electron chi connectivity index (χ2n) is 7.19. The molecule has 4 rings (SSSR count). The lowest BCUT2D eigenvalue weighted by molar-refractivity contribution is 0.0697. The van der Waals surface area contributed by atoms with Gasteiger partial charge in [-0.05, 0) is 67.6 Å². The molecular formula is C25H27NO2. The van der Waals surface area contributed by atoms with E-state index in [0.29, 0.717) is 5.56 Å². The molecule has 28 heavy (non-hydrogen) atoms. The zero-order chi connectivity index (χ0) is 19.8. The molecule has 144 valence electrons. The van der Waals surface area contributed by atoms with Crippen molar-refractivity contribution in [1.82, 2.24) is 5.32 Å². The number of aryl methyl sites for hydroxylation is 1. The van der Waals surface area contributed by atoms with Crippen LogP contribution in [-0.2, 0) is 0 Å². The lowest BCUT2D eigenvalue weighted by Crippen LogP contribution is -2.26. The average Bonchev–Trinajstić information content (AvgIpc) is 2.75. The molecule has 1 fully saturated rings. The standard InChI is InChI=1S/C14H12O2.C11H15N/c1-10-3-2-4-13(9-10)11-5-7-12(8-6-11)14(15)16;1-2-4-10(5-3-1)11-6-8-12-9-7-11/h2-9H,1H3,(H,15,16);1-5,11-12H,6-9H2. The minimum Gasteiger partial charge on any atom is -0.478 e. The Bertz CT molecular complexity index is 882. The monoisotopic (exact) mass is 373 g/mol. The molecule has 3 aromatic carbocycles. The van der Waals surface area contributed by atoms with E-state index in [1.54, 1.807) is 12.1 Å². The van der Waals surface area contributed by atoms with Crippen LogP contribution in [-0.4, -0.2) is 24.2 Å². The molecule has 3 heteroatoms. The Kier molecular flexibility index (Phi) is 6.99. The number of hydrogen-bond acceptors (Lipinski definition) is 2. The maximum Gasteiger partial charge on any atom is 0.335 e. The highest BCUT2D eigenvalue weighted by Crippen LogP contribution is 2.24. The smallest absolute Gasteiger partial charge is 0.335 e. The van der Waals surface area contributed by atoms with E-state index in [4.69, 9.17) is 5.11 Å². The second-order valence-corrected chi connectivity index (χ2v) is 7.19. The maximum absolute atomic E-state index is 10.7. The van der Waals surface area contributed by atoms with Crippen molar-refractivity contribution >= 4 is 5.97 Å². The Morgan fingerprint density at radius 2 is 1.54 bits per heavy atom. The van der Waals surface area contributed by atoms with Crippen molar-refractivity contribution in [1.29, 1.82) is 0 Å². The van der Waals surface area contributed by atoms with E-state index in [0.717, 1.165) is 17.0 Å². The van der Waals surface area contributed by atoms with Crippen LogP contribution < -0.4 is 5.32 Å². The summed E-state index contributed by atoms with van der Waals surface area (Å²) < 4.78 is 0. The molecule has 0 saturated carbocycles. The summed E-state index contributed by atoms with van der Waals surface area (Å²) in [5.41, 5.74) is 5.17. The molecule has 0 radical (unpaired) electrons. The van der Waals surface area contributed by atoms with Crippen LogP contribution >= 0.6 is 0 Å². The zero-order valence-electron chi connectivity index (χ0n) is 16.3. The molecule has 1 aliphatic heterocycles. The fourth-order valence-electron chi connectivity index (χ4n) is 3.51. The van der Waals surface area contributed by atoms with Gasteiger partial charge < -0.3 is 10.4 Å². The third kappa shape index (κ3) is 5.54. The highest BCUT2D eigenvalue weighted by atomic mass is 16.4. The number of rotatable bonds is 3. The van der Waals surface area contributed by atoms with Crippen LogP contribution in [0, 0.1) is 6.92 Å². The van der Waals surface area contributed by atoms with Crippen molar-refractivity contribution in [3.05, 3.63) is 95.6 Å². The van der Waals surface area contributed by atoms with Crippen LogP contribution in [0.3, 0.4) is 0 Å². The number of carboxylic acids is 1. The Labute approximate surface area is 167 Å². The third-order valence-electron chi connectivity index (χ3n) is 5.09. The molecule has 0 unspecified atom stereocenters. The summed E-state index contributed by atoms with van der Waals surface area (Å²) >= 11 is 0. The van der Waals surface area contributed by atoms with Gasteiger partial charge in [-0.1, -0.05) is 72.3 Å². The summed E-state index contributed by atoms with van der Waals surface area (Å²) in [5.74, 6) is -0.0942. The van der Waals surface area contributed by atoms with Crippen molar-refractivity contribution in [3.8, 4) is 11.1 Å². The maximum atomic E-state index is 10.7. The molecule has 1 aliphatic rings. The number of benzene rings is 3. The van der Waals surface area contributed by atoms with Crippen LogP contribution in [0.25, 0.3) is 11.1 Å². The van der Waals surface area contributed by atoms with Gasteiger partial charge in [0.15, 0.2) is 0 Å². The van der Waals surface area contributed by atoms with Crippen molar-refractivity contribution in [3.63, 3.8) is 0 Å². The number of aromatic carboxylic acids is 1. The van der Waals surface area contributed by atoms with Crippen LogP contribution in [0.4, 0.5) is 0 Å². The predicted molar refractivity (Wildman–Crippen MR) is 115 cm³/mol. The molecule has 3 nitrogen and oxygen atoms in total. The third-order valence-corrected chi connectivity index (χ3v) is 5.09. The SMILES string of the molecule is Cc1cccc(-c2ccc(C(=O)O)cc2)c1.c1ccc(C2CCNCC2)cc1. The normalized spacial score (nSPS) is 14.0. The van der Waals surface area contributed by atoms with E-state index in [1.807, 2.05) is 37.3 Å². The van der Waals surface area contributed by atoms with Gasteiger partial charge in [-0.3, -0.25) is 0 Å². The topological polar surface area (TPSA) is 49.3 Å². The van der Waals surface area contributed by atoms with Crippen LogP contribution in [0.5, 0.6) is 0 Å². The summed E-state index contributed by atoms with van der Waals surface area (Å²) in [5, 5.41) is 12.2. The molecule has 0 bridgehead atoms. The molecule has 0 aromatic heterocycles. The lowest BCUT2D eigenvalue weighted by Gasteiger charge is -2.22. The fourth-order valence-corrected chi connectivity index (χ4v) is 3.51. The summed E-state index contributed by atoms with van der Waals surface area (Å²) in [6.45, 7) is 4.40. The molecule has 3 aromatic rings. The van der Waals surface area contributed by atoms with Gasteiger partial charge in [-0.25, -0.2) is 4.79 Å². The number of carboxylic acid groups (broad SMARTS) is 1. The Balaban J connectivity index is 0.000000167. The Morgan fingerprint density at radius 1 is 0.857 bits per heavy atom. The highest BCUT2D eigenvalue weighted by Gasteiger charge is 2.13. The number of carbonyl (C=O) groups is 1. The van der Waals surface area contributed by atoms with Gasteiger partial charge >= 0.3 is 5.97 Å². The first-order valence-electron chi connectivity index (χ1n) is 9.79. The molecule has 1 heterocycles. The molecule has 2 N–H and O–H groups in total.